The molecule has 3 heteroatoms. The zero-order valence-corrected chi connectivity index (χ0v) is 8.79. The minimum Gasteiger partial charge on any atom is -0.463 e. The van der Waals surface area contributed by atoms with Crippen molar-refractivity contribution in [3.63, 3.8) is 0 Å². The predicted octanol–water partition coefficient (Wildman–Crippen LogP) is 1.47. The largest absolute Gasteiger partial charge is 0.463 e. The third kappa shape index (κ3) is 2.27. The number of carbonyl (C=O) groups is 1. The van der Waals surface area contributed by atoms with Crippen LogP contribution in [0.15, 0.2) is 0 Å². The molecular weight excluding hydrogens is 178 g/mol. The summed E-state index contributed by atoms with van der Waals surface area (Å²) in [6.07, 6.45) is 6.12. The van der Waals surface area contributed by atoms with E-state index in [4.69, 9.17) is 4.74 Å². The zero-order valence-electron chi connectivity index (χ0n) is 8.79. The second kappa shape index (κ2) is 4.30. The molecule has 3 unspecified atom stereocenters. The first kappa shape index (κ1) is 9.97. The standard InChI is InChI=1S/C11H19NO2/c1-8(13)14-10-5-4-9-3-2-6-12-11(9)7-10/h9-12H,2-7H2,1H3. The monoisotopic (exact) mass is 197 g/mol. The van der Waals surface area contributed by atoms with Gasteiger partial charge in [-0.1, -0.05) is 0 Å². The highest BCUT2D eigenvalue weighted by molar-refractivity contribution is 5.66. The summed E-state index contributed by atoms with van der Waals surface area (Å²) in [5, 5.41) is 3.53. The second-order valence-corrected chi connectivity index (χ2v) is 4.51. The molecule has 0 spiro atoms. The molecular formula is C11H19NO2. The number of rotatable bonds is 1. The van der Waals surface area contributed by atoms with Crippen molar-refractivity contribution in [3.05, 3.63) is 0 Å². The van der Waals surface area contributed by atoms with E-state index in [1.54, 1.807) is 0 Å². The van der Waals surface area contributed by atoms with Gasteiger partial charge in [-0.15, -0.1) is 0 Å². The van der Waals surface area contributed by atoms with Gasteiger partial charge in [0, 0.05) is 13.0 Å². The van der Waals surface area contributed by atoms with Crippen molar-refractivity contribution in [2.45, 2.75) is 51.2 Å². The van der Waals surface area contributed by atoms with Gasteiger partial charge in [-0.3, -0.25) is 4.79 Å². The first-order valence-electron chi connectivity index (χ1n) is 5.66. The molecule has 0 amide bonds. The minimum absolute atomic E-state index is 0.135. The quantitative estimate of drug-likeness (QED) is 0.647. The molecule has 0 radical (unpaired) electrons. The van der Waals surface area contributed by atoms with E-state index >= 15 is 0 Å². The number of carbonyl (C=O) groups excluding carboxylic acids is 1. The van der Waals surface area contributed by atoms with Crippen LogP contribution < -0.4 is 5.32 Å². The Balaban J connectivity index is 1.86. The Bertz CT molecular complexity index is 217. The Kier molecular flexibility index (Phi) is 3.06. The van der Waals surface area contributed by atoms with Crippen LogP contribution in [0, 0.1) is 5.92 Å². The fraction of sp³-hybridized carbons (Fsp3) is 0.909. The summed E-state index contributed by atoms with van der Waals surface area (Å²) in [7, 11) is 0. The summed E-state index contributed by atoms with van der Waals surface area (Å²) in [6.45, 7) is 2.63. The highest BCUT2D eigenvalue weighted by Gasteiger charge is 2.33. The molecule has 1 aliphatic heterocycles. The Morgan fingerprint density at radius 2 is 2.21 bits per heavy atom. The summed E-state index contributed by atoms with van der Waals surface area (Å²) < 4.78 is 5.26. The molecule has 3 atom stereocenters. The van der Waals surface area contributed by atoms with Crippen LogP contribution in [0.25, 0.3) is 0 Å². The van der Waals surface area contributed by atoms with Gasteiger partial charge in [-0.2, -0.15) is 0 Å². The topological polar surface area (TPSA) is 38.3 Å². The van der Waals surface area contributed by atoms with Gasteiger partial charge in [0.25, 0.3) is 0 Å². The second-order valence-electron chi connectivity index (χ2n) is 4.51. The van der Waals surface area contributed by atoms with Gasteiger partial charge in [0.15, 0.2) is 0 Å². The van der Waals surface area contributed by atoms with Gasteiger partial charge in [0.1, 0.15) is 6.10 Å². The summed E-state index contributed by atoms with van der Waals surface area (Å²) in [5.74, 6) is 0.694. The molecule has 2 fully saturated rings. The summed E-state index contributed by atoms with van der Waals surface area (Å²) in [6, 6.07) is 0.599. The van der Waals surface area contributed by atoms with Gasteiger partial charge in [-0.25, -0.2) is 0 Å². The zero-order chi connectivity index (χ0) is 9.97. The lowest BCUT2D eigenvalue weighted by Crippen LogP contribution is -2.47. The average molecular weight is 197 g/mol. The van der Waals surface area contributed by atoms with Crippen LogP contribution in [0.2, 0.25) is 0 Å². The highest BCUT2D eigenvalue weighted by Crippen LogP contribution is 2.31. The third-order valence-electron chi connectivity index (χ3n) is 3.44. The van der Waals surface area contributed by atoms with Crippen molar-refractivity contribution in [2.24, 2.45) is 5.92 Å². The fourth-order valence-electron chi connectivity index (χ4n) is 2.78. The van der Waals surface area contributed by atoms with Crippen molar-refractivity contribution in [3.8, 4) is 0 Å². The third-order valence-corrected chi connectivity index (χ3v) is 3.44. The van der Waals surface area contributed by atoms with E-state index in [0.717, 1.165) is 25.3 Å². The van der Waals surface area contributed by atoms with E-state index in [2.05, 4.69) is 5.32 Å². The van der Waals surface area contributed by atoms with Crippen LogP contribution in [-0.4, -0.2) is 24.7 Å². The molecule has 1 saturated carbocycles. The molecule has 1 heterocycles. The van der Waals surface area contributed by atoms with E-state index in [0.29, 0.717) is 6.04 Å². The molecule has 2 rings (SSSR count). The highest BCUT2D eigenvalue weighted by atomic mass is 16.5. The molecule has 0 aromatic heterocycles. The average Bonchev–Trinajstić information content (AvgIpc) is 2.17. The molecule has 0 aromatic rings. The van der Waals surface area contributed by atoms with Gasteiger partial charge < -0.3 is 10.1 Å². The van der Waals surface area contributed by atoms with Gasteiger partial charge in [0.2, 0.25) is 0 Å². The first-order valence-corrected chi connectivity index (χ1v) is 5.66. The summed E-state index contributed by atoms with van der Waals surface area (Å²) in [4.78, 5) is 10.8. The number of ether oxygens (including phenoxy) is 1. The van der Waals surface area contributed by atoms with Crippen LogP contribution in [0.5, 0.6) is 0 Å². The maximum absolute atomic E-state index is 10.8. The summed E-state index contributed by atoms with van der Waals surface area (Å²) in [5.41, 5.74) is 0. The van der Waals surface area contributed by atoms with E-state index in [-0.39, 0.29) is 12.1 Å². The van der Waals surface area contributed by atoms with Crippen LogP contribution >= 0.6 is 0 Å². The normalized spacial score (nSPS) is 37.4. The van der Waals surface area contributed by atoms with Gasteiger partial charge >= 0.3 is 5.97 Å². The number of fused-ring (bicyclic) bond motifs is 1. The Morgan fingerprint density at radius 1 is 1.36 bits per heavy atom. The maximum Gasteiger partial charge on any atom is 0.302 e. The molecule has 0 bridgehead atoms. The van der Waals surface area contributed by atoms with E-state index in [1.165, 1.54) is 26.2 Å². The predicted molar refractivity (Wildman–Crippen MR) is 53.9 cm³/mol. The van der Waals surface area contributed by atoms with Crippen LogP contribution in [-0.2, 0) is 9.53 Å². The molecule has 1 aliphatic carbocycles. The lowest BCUT2D eigenvalue weighted by atomic mass is 9.78. The van der Waals surface area contributed by atoms with Crippen LogP contribution in [0.4, 0.5) is 0 Å². The molecule has 0 aromatic carbocycles. The van der Waals surface area contributed by atoms with Crippen LogP contribution in [0.3, 0.4) is 0 Å². The lowest BCUT2D eigenvalue weighted by molar-refractivity contribution is -0.148. The van der Waals surface area contributed by atoms with Crippen molar-refractivity contribution in [2.75, 3.05) is 6.54 Å². The van der Waals surface area contributed by atoms with E-state index in [1.807, 2.05) is 0 Å². The molecule has 1 N–H and O–H groups in total. The smallest absolute Gasteiger partial charge is 0.302 e. The van der Waals surface area contributed by atoms with E-state index in [9.17, 15) is 4.79 Å². The molecule has 3 nitrogen and oxygen atoms in total. The number of nitrogens with one attached hydrogen (secondary N) is 1. The maximum atomic E-state index is 10.8. The molecule has 1 saturated heterocycles. The fourth-order valence-corrected chi connectivity index (χ4v) is 2.78. The number of hydrogen-bond acceptors (Lipinski definition) is 3. The van der Waals surface area contributed by atoms with Crippen molar-refractivity contribution >= 4 is 5.97 Å². The number of hydrogen-bond donors (Lipinski definition) is 1. The molecule has 14 heavy (non-hydrogen) atoms. The minimum atomic E-state index is -0.135. The Morgan fingerprint density at radius 3 is 3.00 bits per heavy atom. The van der Waals surface area contributed by atoms with Crippen molar-refractivity contribution < 1.29 is 9.53 Å². The molecule has 80 valence electrons. The van der Waals surface area contributed by atoms with Crippen LogP contribution in [0.1, 0.15) is 39.0 Å². The van der Waals surface area contributed by atoms with Crippen molar-refractivity contribution in [1.82, 2.24) is 5.32 Å². The van der Waals surface area contributed by atoms with Crippen molar-refractivity contribution in [1.29, 1.82) is 0 Å². The van der Waals surface area contributed by atoms with E-state index < -0.39 is 0 Å². The SMILES string of the molecule is CC(=O)OC1CCC2CCCNC2C1. The number of piperidine rings is 1. The summed E-state index contributed by atoms with van der Waals surface area (Å²) >= 11 is 0. The Hall–Kier alpha value is -0.570. The van der Waals surface area contributed by atoms with Gasteiger partial charge in [0.05, 0.1) is 0 Å². The lowest BCUT2D eigenvalue weighted by Gasteiger charge is -2.39. The number of esters is 1. The molecule has 2 aliphatic rings. The Labute approximate surface area is 85.2 Å². The van der Waals surface area contributed by atoms with Gasteiger partial charge in [-0.05, 0) is 44.6 Å². The first-order chi connectivity index (χ1) is 6.75.